The number of methoxy groups -OCH3 is 1. The number of ketones is 1. The van der Waals surface area contributed by atoms with Crippen LogP contribution >= 0.6 is 0 Å². The van der Waals surface area contributed by atoms with E-state index in [4.69, 9.17) is 15.2 Å². The molecule has 0 aromatic rings. The molecule has 0 radical (unpaired) electrons. The fourth-order valence-electron chi connectivity index (χ4n) is 1.06. The topological polar surface area (TPSA) is 108 Å². The fourth-order valence-corrected chi connectivity index (χ4v) is 1.06. The second-order valence-electron chi connectivity index (χ2n) is 4.80. The number of hydrogen-bond donors (Lipinski definition) is 2. The zero-order valence-electron chi connectivity index (χ0n) is 11.3. The molecule has 0 aliphatic heterocycles. The second kappa shape index (κ2) is 6.46. The summed E-state index contributed by atoms with van der Waals surface area (Å²) in [5, 5.41) is 1.92. The van der Waals surface area contributed by atoms with Crippen LogP contribution in [0.3, 0.4) is 0 Å². The Morgan fingerprint density at radius 1 is 1.22 bits per heavy atom. The van der Waals surface area contributed by atoms with Crippen LogP contribution in [0.5, 0.6) is 0 Å². The van der Waals surface area contributed by atoms with Crippen molar-refractivity contribution in [1.29, 1.82) is 0 Å². The number of Topliss-reactive ketones (excluding diaryl/α,β-unsaturated/α-hetero) is 1. The number of amides is 2. The van der Waals surface area contributed by atoms with Gasteiger partial charge in [-0.2, -0.15) is 0 Å². The molecule has 2 atom stereocenters. The average Bonchev–Trinajstić information content (AvgIpc) is 2.14. The maximum absolute atomic E-state index is 11.6. The van der Waals surface area contributed by atoms with Crippen molar-refractivity contribution in [2.45, 2.75) is 45.4 Å². The van der Waals surface area contributed by atoms with Crippen LogP contribution in [0.25, 0.3) is 0 Å². The van der Waals surface area contributed by atoms with Gasteiger partial charge in [0.1, 0.15) is 5.60 Å². The van der Waals surface area contributed by atoms with Crippen LogP contribution in [0, 0.1) is 0 Å². The van der Waals surface area contributed by atoms with Gasteiger partial charge in [0.05, 0.1) is 6.04 Å². The van der Waals surface area contributed by atoms with Gasteiger partial charge >= 0.3 is 6.09 Å². The van der Waals surface area contributed by atoms with Crippen molar-refractivity contribution in [1.82, 2.24) is 5.32 Å². The Kier molecular flexibility index (Phi) is 5.93. The van der Waals surface area contributed by atoms with Crippen molar-refractivity contribution < 1.29 is 23.9 Å². The summed E-state index contributed by atoms with van der Waals surface area (Å²) in [5.41, 5.74) is 4.62. The summed E-state index contributed by atoms with van der Waals surface area (Å²) in [6.45, 7) is 6.38. The van der Waals surface area contributed by atoms with Gasteiger partial charge in [-0.15, -0.1) is 0 Å². The largest absolute Gasteiger partial charge is 0.444 e. The van der Waals surface area contributed by atoms with Gasteiger partial charge in [-0.3, -0.25) is 14.9 Å². The van der Waals surface area contributed by atoms with Gasteiger partial charge in [-0.1, -0.05) is 0 Å². The van der Waals surface area contributed by atoms with Gasteiger partial charge in [-0.05, 0) is 27.7 Å². The lowest BCUT2D eigenvalue weighted by atomic mass is 10.1. The van der Waals surface area contributed by atoms with Crippen molar-refractivity contribution in [3.8, 4) is 0 Å². The minimum atomic E-state index is -1.42. The van der Waals surface area contributed by atoms with E-state index in [0.29, 0.717) is 0 Å². The fraction of sp³-hybridized carbons (Fsp3) is 0.727. The van der Waals surface area contributed by atoms with Gasteiger partial charge in [0, 0.05) is 7.11 Å². The Morgan fingerprint density at radius 2 is 1.72 bits per heavy atom. The summed E-state index contributed by atoms with van der Waals surface area (Å²) < 4.78 is 9.59. The van der Waals surface area contributed by atoms with E-state index in [1.807, 2.05) is 5.32 Å². The summed E-state index contributed by atoms with van der Waals surface area (Å²) >= 11 is 0. The Balaban J connectivity index is 4.55. The van der Waals surface area contributed by atoms with Crippen LogP contribution in [-0.4, -0.2) is 42.6 Å². The molecule has 0 rings (SSSR count). The molecule has 0 saturated carbocycles. The van der Waals surface area contributed by atoms with E-state index in [9.17, 15) is 14.4 Å². The third kappa shape index (κ3) is 5.74. The molecule has 0 heterocycles. The van der Waals surface area contributed by atoms with E-state index in [-0.39, 0.29) is 0 Å². The van der Waals surface area contributed by atoms with E-state index in [1.54, 1.807) is 20.8 Å². The smallest absolute Gasteiger partial charge is 0.414 e. The van der Waals surface area contributed by atoms with Crippen molar-refractivity contribution in [3.05, 3.63) is 0 Å². The number of nitrogens with one attached hydrogen (secondary N) is 1. The molecule has 7 heteroatoms. The number of alkyl carbamates (subject to hydrolysis) is 1. The number of carbonyl (C=O) groups excluding carboxylic acids is 3. The molecule has 0 aliphatic carbocycles. The number of rotatable bonds is 4. The minimum Gasteiger partial charge on any atom is -0.444 e. The van der Waals surface area contributed by atoms with Crippen molar-refractivity contribution in [2.24, 2.45) is 5.73 Å². The van der Waals surface area contributed by atoms with Crippen LogP contribution < -0.4 is 11.1 Å². The standard InChI is InChI=1S/C11H20N2O5/c1-6(12)7(14)8(17-5)9(15)13-10(16)18-11(2,3)4/h6,8H,12H2,1-5H3,(H,13,15,16)/t6-,8?/m0/s1. The average molecular weight is 260 g/mol. The van der Waals surface area contributed by atoms with Gasteiger partial charge < -0.3 is 15.2 Å². The second-order valence-corrected chi connectivity index (χ2v) is 4.80. The summed E-state index contributed by atoms with van der Waals surface area (Å²) in [6, 6.07) is -0.862. The summed E-state index contributed by atoms with van der Waals surface area (Å²) in [7, 11) is 1.18. The van der Waals surface area contributed by atoms with Crippen LogP contribution in [0.2, 0.25) is 0 Å². The zero-order valence-corrected chi connectivity index (χ0v) is 11.3. The van der Waals surface area contributed by atoms with Gasteiger partial charge in [0.2, 0.25) is 0 Å². The predicted octanol–water partition coefficient (Wildman–Crippen LogP) is -0.0310. The molecule has 3 N–H and O–H groups in total. The lowest BCUT2D eigenvalue weighted by Gasteiger charge is -2.20. The minimum absolute atomic E-state index is 0.612. The zero-order chi connectivity index (χ0) is 14.5. The molecule has 0 aromatic heterocycles. The third-order valence-electron chi connectivity index (χ3n) is 1.81. The highest BCUT2D eigenvalue weighted by molar-refractivity contribution is 6.10. The third-order valence-corrected chi connectivity index (χ3v) is 1.81. The molecular formula is C11H20N2O5. The van der Waals surface area contributed by atoms with Crippen LogP contribution in [-0.2, 0) is 19.1 Å². The van der Waals surface area contributed by atoms with Gasteiger partial charge in [0.15, 0.2) is 11.9 Å². The quantitative estimate of drug-likeness (QED) is 0.687. The number of hydrogen-bond acceptors (Lipinski definition) is 6. The van der Waals surface area contributed by atoms with E-state index in [2.05, 4.69) is 0 Å². The number of imide groups is 1. The first kappa shape index (κ1) is 16.5. The molecule has 0 spiro atoms. The van der Waals surface area contributed by atoms with E-state index in [1.165, 1.54) is 14.0 Å². The van der Waals surface area contributed by atoms with E-state index in [0.717, 1.165) is 0 Å². The first-order chi connectivity index (χ1) is 8.08. The summed E-state index contributed by atoms with van der Waals surface area (Å²) in [5.74, 6) is -1.51. The lowest BCUT2D eigenvalue weighted by Crippen LogP contribution is -2.49. The highest BCUT2D eigenvalue weighted by Crippen LogP contribution is 2.06. The lowest BCUT2D eigenvalue weighted by molar-refractivity contribution is -0.142. The van der Waals surface area contributed by atoms with Gasteiger partial charge in [-0.25, -0.2) is 4.79 Å². The monoisotopic (exact) mass is 260 g/mol. The molecule has 2 amide bonds. The molecule has 104 valence electrons. The first-order valence-electron chi connectivity index (χ1n) is 5.44. The molecule has 18 heavy (non-hydrogen) atoms. The molecule has 0 fully saturated rings. The summed E-state index contributed by atoms with van der Waals surface area (Å²) in [4.78, 5) is 34.5. The van der Waals surface area contributed by atoms with Crippen molar-refractivity contribution in [2.75, 3.05) is 7.11 Å². The highest BCUT2D eigenvalue weighted by atomic mass is 16.6. The Morgan fingerprint density at radius 3 is 2.06 bits per heavy atom. The maximum atomic E-state index is 11.6. The van der Waals surface area contributed by atoms with E-state index >= 15 is 0 Å². The van der Waals surface area contributed by atoms with Gasteiger partial charge in [0.25, 0.3) is 5.91 Å². The normalized spacial score (nSPS) is 14.6. The SMILES string of the molecule is COC(C(=O)NC(=O)OC(C)(C)C)C(=O)[C@H](C)N. The van der Waals surface area contributed by atoms with Crippen LogP contribution in [0.1, 0.15) is 27.7 Å². The van der Waals surface area contributed by atoms with Crippen LogP contribution in [0.4, 0.5) is 4.79 Å². The van der Waals surface area contributed by atoms with Crippen molar-refractivity contribution in [3.63, 3.8) is 0 Å². The Bertz CT molecular complexity index is 333. The number of ether oxygens (including phenoxy) is 2. The molecule has 0 aromatic carbocycles. The highest BCUT2D eigenvalue weighted by Gasteiger charge is 2.30. The molecule has 1 unspecified atom stereocenters. The summed E-state index contributed by atoms with van der Waals surface area (Å²) in [6.07, 6.45) is -2.36. The molecular weight excluding hydrogens is 240 g/mol. The van der Waals surface area contributed by atoms with Crippen molar-refractivity contribution >= 4 is 17.8 Å². The van der Waals surface area contributed by atoms with Crippen LogP contribution in [0.15, 0.2) is 0 Å². The molecule has 7 nitrogen and oxygen atoms in total. The number of nitrogens with two attached hydrogens (primary N) is 1. The maximum Gasteiger partial charge on any atom is 0.414 e. The Labute approximate surface area is 106 Å². The molecule has 0 saturated heterocycles. The Hall–Kier alpha value is -1.47. The van der Waals surface area contributed by atoms with E-state index < -0.39 is 35.5 Å². The predicted molar refractivity (Wildman–Crippen MR) is 63.8 cm³/mol. The number of carbonyl (C=O) groups is 3. The molecule has 0 aliphatic rings. The molecule has 0 bridgehead atoms. The first-order valence-corrected chi connectivity index (χ1v) is 5.44.